The molecule has 0 radical (unpaired) electrons. The number of morpholine rings is 1. The lowest BCUT2D eigenvalue weighted by Crippen LogP contribution is -2.51. The first-order valence-electron chi connectivity index (χ1n) is 11.4. The fourth-order valence-corrected chi connectivity index (χ4v) is 4.33. The fraction of sp³-hybridized carbons (Fsp3) is 0.478. The van der Waals surface area contributed by atoms with E-state index < -0.39 is 0 Å². The molecule has 0 aliphatic carbocycles. The quantitative estimate of drug-likeness (QED) is 0.443. The number of hydrogen-bond acceptors (Lipinski definition) is 9. The molecule has 2 aliphatic heterocycles. The summed E-state index contributed by atoms with van der Waals surface area (Å²) < 4.78 is 5.43. The van der Waals surface area contributed by atoms with Gasteiger partial charge in [-0.25, -0.2) is 9.97 Å². The molecule has 3 heterocycles. The number of amides is 2. The summed E-state index contributed by atoms with van der Waals surface area (Å²) in [7, 11) is 1.63. The third-order valence-electron chi connectivity index (χ3n) is 5.99. The maximum absolute atomic E-state index is 13.3. The van der Waals surface area contributed by atoms with Crippen LogP contribution < -0.4 is 15.5 Å². The molecule has 0 saturated carbocycles. The van der Waals surface area contributed by atoms with Gasteiger partial charge in [0.25, 0.3) is 5.91 Å². The van der Waals surface area contributed by atoms with E-state index in [1.54, 1.807) is 18.1 Å². The molecular weight excluding hydrogens is 454 g/mol. The van der Waals surface area contributed by atoms with Crippen molar-refractivity contribution in [3.63, 3.8) is 0 Å². The van der Waals surface area contributed by atoms with Gasteiger partial charge in [-0.05, 0) is 30.5 Å². The van der Waals surface area contributed by atoms with Crippen molar-refractivity contribution in [2.24, 2.45) is 0 Å². The third-order valence-corrected chi connectivity index (χ3v) is 6.55. The highest BCUT2D eigenvalue weighted by atomic mass is 32.2. The summed E-state index contributed by atoms with van der Waals surface area (Å²) in [6.07, 6.45) is 3.51. The number of ether oxygens (including phenoxy) is 1. The number of likely N-dealkylation sites (N-methyl/N-ethyl adjacent to an activating group) is 1. The van der Waals surface area contributed by atoms with Crippen LogP contribution in [0.4, 0.5) is 17.2 Å². The smallest absolute Gasteiger partial charge is 0.259 e. The third kappa shape index (κ3) is 5.96. The van der Waals surface area contributed by atoms with Crippen molar-refractivity contribution in [2.45, 2.75) is 5.16 Å². The van der Waals surface area contributed by atoms with Crippen molar-refractivity contribution in [3.05, 3.63) is 36.0 Å². The zero-order valence-corrected chi connectivity index (χ0v) is 20.4. The van der Waals surface area contributed by atoms with Gasteiger partial charge in [0, 0.05) is 63.9 Å². The molecule has 1 aromatic heterocycles. The summed E-state index contributed by atoms with van der Waals surface area (Å²) in [6, 6.07) is 8.13. The Morgan fingerprint density at radius 1 is 1.06 bits per heavy atom. The topological polar surface area (TPSA) is 103 Å². The predicted octanol–water partition coefficient (Wildman–Crippen LogP) is 1.28. The first kappa shape index (κ1) is 24.2. The Kier molecular flexibility index (Phi) is 8.20. The summed E-state index contributed by atoms with van der Waals surface area (Å²) in [4.78, 5) is 40.0. The average molecular weight is 486 g/mol. The molecule has 1 aromatic carbocycles. The van der Waals surface area contributed by atoms with E-state index in [-0.39, 0.29) is 11.8 Å². The molecule has 11 heteroatoms. The van der Waals surface area contributed by atoms with Crippen molar-refractivity contribution in [1.82, 2.24) is 25.1 Å². The first-order valence-corrected chi connectivity index (χ1v) is 12.6. The zero-order valence-electron chi connectivity index (χ0n) is 19.6. The van der Waals surface area contributed by atoms with Crippen LogP contribution in [0.2, 0.25) is 0 Å². The normalized spacial score (nSPS) is 16.9. The number of piperazine rings is 1. The first-order chi connectivity index (χ1) is 16.6. The van der Waals surface area contributed by atoms with E-state index >= 15 is 0 Å². The van der Waals surface area contributed by atoms with Gasteiger partial charge in [-0.3, -0.25) is 14.5 Å². The van der Waals surface area contributed by atoms with Gasteiger partial charge in [0.2, 0.25) is 5.91 Å². The molecule has 10 nitrogen and oxygen atoms in total. The van der Waals surface area contributed by atoms with Crippen molar-refractivity contribution in [2.75, 3.05) is 82.5 Å². The lowest BCUT2D eigenvalue weighted by Gasteiger charge is -2.34. The summed E-state index contributed by atoms with van der Waals surface area (Å²) in [6.45, 7) is 5.98. The van der Waals surface area contributed by atoms with Gasteiger partial charge in [0.15, 0.2) is 5.16 Å². The number of rotatable bonds is 7. The Morgan fingerprint density at radius 2 is 1.76 bits per heavy atom. The predicted molar refractivity (Wildman–Crippen MR) is 133 cm³/mol. The van der Waals surface area contributed by atoms with Crippen LogP contribution in [0.15, 0.2) is 35.6 Å². The summed E-state index contributed by atoms with van der Waals surface area (Å²) >= 11 is 1.43. The number of benzene rings is 1. The Bertz CT molecular complexity index is 991. The standard InChI is InChI=1S/C23H31N7O3S/c1-24-20(31)16-28-7-9-30(10-8-28)22(32)19-15-25-23(34-2)27-21(19)26-17-3-5-18(6-4-17)29-11-13-33-14-12-29/h3-6,15H,7-14,16H2,1-2H3,(H,24,31)(H,25,26,27). The second-order valence-corrected chi connectivity index (χ2v) is 8.91. The average Bonchev–Trinajstić information content (AvgIpc) is 2.89. The minimum Gasteiger partial charge on any atom is -0.378 e. The van der Waals surface area contributed by atoms with E-state index in [1.807, 2.05) is 23.3 Å². The largest absolute Gasteiger partial charge is 0.378 e. The molecule has 0 atom stereocenters. The SMILES string of the molecule is CNC(=O)CN1CCN(C(=O)c2cnc(SC)nc2Nc2ccc(N3CCOCC3)cc2)CC1. The van der Waals surface area contributed by atoms with Crippen LogP contribution in [0, 0.1) is 0 Å². The molecule has 4 rings (SSSR count). The number of hydrogen-bond donors (Lipinski definition) is 2. The number of thioether (sulfide) groups is 1. The van der Waals surface area contributed by atoms with Crippen LogP contribution in [-0.4, -0.2) is 104 Å². The molecular formula is C23H31N7O3S. The molecule has 182 valence electrons. The van der Waals surface area contributed by atoms with E-state index in [4.69, 9.17) is 4.74 Å². The van der Waals surface area contributed by atoms with E-state index in [2.05, 4.69) is 37.6 Å². The molecule has 2 aliphatic rings. The summed E-state index contributed by atoms with van der Waals surface area (Å²) in [5.74, 6) is 0.364. The van der Waals surface area contributed by atoms with E-state index in [0.717, 1.165) is 37.7 Å². The second kappa shape index (κ2) is 11.5. The van der Waals surface area contributed by atoms with Crippen LogP contribution in [0.3, 0.4) is 0 Å². The molecule has 2 saturated heterocycles. The van der Waals surface area contributed by atoms with E-state index in [9.17, 15) is 9.59 Å². The van der Waals surface area contributed by atoms with Crippen LogP contribution in [-0.2, 0) is 9.53 Å². The van der Waals surface area contributed by atoms with E-state index in [0.29, 0.717) is 49.3 Å². The van der Waals surface area contributed by atoms with Crippen LogP contribution in [0.5, 0.6) is 0 Å². The fourth-order valence-electron chi connectivity index (χ4n) is 3.99. The van der Waals surface area contributed by atoms with Gasteiger partial charge in [-0.15, -0.1) is 0 Å². The molecule has 34 heavy (non-hydrogen) atoms. The maximum Gasteiger partial charge on any atom is 0.259 e. The number of carbonyl (C=O) groups excluding carboxylic acids is 2. The molecule has 2 amide bonds. The number of nitrogens with zero attached hydrogens (tertiary/aromatic N) is 5. The Balaban J connectivity index is 1.46. The number of nitrogens with one attached hydrogen (secondary N) is 2. The minimum atomic E-state index is -0.111. The van der Waals surface area contributed by atoms with E-state index in [1.165, 1.54) is 11.8 Å². The van der Waals surface area contributed by atoms with Gasteiger partial charge in [-0.1, -0.05) is 11.8 Å². The zero-order chi connectivity index (χ0) is 23.9. The lowest BCUT2D eigenvalue weighted by molar-refractivity contribution is -0.122. The molecule has 2 fully saturated rings. The Labute approximate surface area is 204 Å². The van der Waals surface area contributed by atoms with Gasteiger partial charge >= 0.3 is 0 Å². The van der Waals surface area contributed by atoms with Gasteiger partial charge in [0.1, 0.15) is 11.4 Å². The number of carbonyl (C=O) groups is 2. The van der Waals surface area contributed by atoms with Crippen molar-refractivity contribution in [1.29, 1.82) is 0 Å². The lowest BCUT2D eigenvalue weighted by atomic mass is 10.2. The van der Waals surface area contributed by atoms with Crippen LogP contribution in [0.1, 0.15) is 10.4 Å². The number of aromatic nitrogens is 2. The Hall–Kier alpha value is -2.89. The summed E-state index contributed by atoms with van der Waals surface area (Å²) in [5, 5.41) is 6.56. The van der Waals surface area contributed by atoms with Gasteiger partial charge in [0.05, 0.1) is 19.8 Å². The van der Waals surface area contributed by atoms with Crippen molar-refractivity contribution >= 4 is 40.8 Å². The molecule has 2 aromatic rings. The summed E-state index contributed by atoms with van der Waals surface area (Å²) in [5.41, 5.74) is 2.44. The maximum atomic E-state index is 13.3. The van der Waals surface area contributed by atoms with Gasteiger partial charge in [-0.2, -0.15) is 0 Å². The van der Waals surface area contributed by atoms with Gasteiger partial charge < -0.3 is 25.2 Å². The molecule has 0 spiro atoms. The molecule has 0 unspecified atom stereocenters. The Morgan fingerprint density at radius 3 is 2.41 bits per heavy atom. The highest BCUT2D eigenvalue weighted by Gasteiger charge is 2.26. The van der Waals surface area contributed by atoms with Crippen molar-refractivity contribution < 1.29 is 14.3 Å². The minimum absolute atomic E-state index is 0.0213. The number of anilines is 3. The molecule has 2 N–H and O–H groups in total. The van der Waals surface area contributed by atoms with Crippen LogP contribution >= 0.6 is 11.8 Å². The molecule has 0 bridgehead atoms. The highest BCUT2D eigenvalue weighted by molar-refractivity contribution is 7.98. The second-order valence-electron chi connectivity index (χ2n) is 8.13. The monoisotopic (exact) mass is 485 g/mol. The highest BCUT2D eigenvalue weighted by Crippen LogP contribution is 2.25. The van der Waals surface area contributed by atoms with Crippen LogP contribution in [0.25, 0.3) is 0 Å². The van der Waals surface area contributed by atoms with Crippen molar-refractivity contribution in [3.8, 4) is 0 Å².